The van der Waals surface area contributed by atoms with Gasteiger partial charge in [0, 0.05) is 11.8 Å². The smallest absolute Gasteiger partial charge is 0.187 e. The fraction of sp³-hybridized carbons (Fsp3) is 0.882. The molecule has 5 rings (SSSR count). The second kappa shape index (κ2) is 30.4. The number of hydrogen-bond donors (Lipinski definition) is 13. The maximum atomic E-state index is 11.5. The van der Waals surface area contributed by atoms with E-state index in [1.54, 1.807) is 6.92 Å². The molecule has 1 aromatic rings. The first-order valence-electron chi connectivity index (χ1n) is 26.4. The SMILES string of the molecule is CCCCCCCC(CCCCCCC)(CCC(CO[C@H]1OC(CO)[C@H](O[C@@H]2OC(CO)[C@H](C)C(O)[C@H]2O)C(O)[C@H]1O)CO[C@H]1OC(CO)[C@H](O[C@@H]2OC(CO)[C@H](O)C(O)[C@H]2O)C(O)[C@H]1O)c1ccccc1. The van der Waals surface area contributed by atoms with Gasteiger partial charge in [-0.3, -0.25) is 0 Å². The lowest BCUT2D eigenvalue weighted by Crippen LogP contribution is -2.64. The van der Waals surface area contributed by atoms with Crippen molar-refractivity contribution in [3.8, 4) is 0 Å². The Balaban J connectivity index is 1.37. The van der Waals surface area contributed by atoms with Crippen LogP contribution < -0.4 is 0 Å². The van der Waals surface area contributed by atoms with Crippen molar-refractivity contribution < 1.29 is 104 Å². The quantitative estimate of drug-likeness (QED) is 0.0436. The van der Waals surface area contributed by atoms with Gasteiger partial charge in [-0.2, -0.15) is 0 Å². The second-order valence-corrected chi connectivity index (χ2v) is 20.4. The lowest BCUT2D eigenvalue weighted by molar-refractivity contribution is -0.361. The molecule has 0 bridgehead atoms. The minimum absolute atomic E-state index is 0.166. The van der Waals surface area contributed by atoms with Crippen LogP contribution in [0.5, 0.6) is 0 Å². The molecule has 13 N–H and O–H groups in total. The fourth-order valence-corrected chi connectivity index (χ4v) is 10.5. The van der Waals surface area contributed by atoms with Crippen LogP contribution in [0.25, 0.3) is 0 Å². The largest absolute Gasteiger partial charge is 0.394 e. The highest BCUT2D eigenvalue weighted by Crippen LogP contribution is 2.42. The lowest BCUT2D eigenvalue weighted by Gasteiger charge is -2.46. The van der Waals surface area contributed by atoms with Crippen LogP contribution in [-0.2, 0) is 43.3 Å². The van der Waals surface area contributed by atoms with Crippen molar-refractivity contribution in [1.29, 1.82) is 0 Å². The molecule has 4 heterocycles. The van der Waals surface area contributed by atoms with Crippen LogP contribution in [-0.4, -0.2) is 223 Å². The molecule has 0 amide bonds. The molecule has 9 unspecified atom stereocenters. The molecule has 21 heteroatoms. The Labute approximate surface area is 423 Å². The van der Waals surface area contributed by atoms with E-state index in [9.17, 15) is 66.4 Å². The Kier molecular flexibility index (Phi) is 25.8. The molecule has 1 aromatic carbocycles. The van der Waals surface area contributed by atoms with Crippen LogP contribution >= 0.6 is 0 Å². The van der Waals surface area contributed by atoms with Crippen LogP contribution in [0.1, 0.15) is 116 Å². The Morgan fingerprint density at radius 1 is 0.458 bits per heavy atom. The molecule has 4 fully saturated rings. The molecule has 0 radical (unpaired) electrons. The number of aliphatic hydroxyl groups excluding tert-OH is 13. The highest BCUT2D eigenvalue weighted by atomic mass is 16.8. The molecular formula is C51H88O21. The highest BCUT2D eigenvalue weighted by Gasteiger charge is 2.53. The normalized spacial score (nSPS) is 38.2. The summed E-state index contributed by atoms with van der Waals surface area (Å²) in [6.45, 7) is 2.86. The van der Waals surface area contributed by atoms with E-state index in [0.717, 1.165) is 77.0 Å². The number of hydrogen-bond acceptors (Lipinski definition) is 21. The highest BCUT2D eigenvalue weighted by molar-refractivity contribution is 5.25. The molecule has 21 atom stereocenters. The summed E-state index contributed by atoms with van der Waals surface area (Å²) in [5.41, 5.74) is 0.939. The number of ether oxygens (including phenoxy) is 8. The predicted molar refractivity (Wildman–Crippen MR) is 255 cm³/mol. The average molecular weight is 1040 g/mol. The van der Waals surface area contributed by atoms with E-state index >= 15 is 0 Å². The molecule has 4 aliphatic heterocycles. The molecule has 0 aromatic heterocycles. The monoisotopic (exact) mass is 1040 g/mol. The van der Waals surface area contributed by atoms with Crippen molar-refractivity contribution in [3.63, 3.8) is 0 Å². The van der Waals surface area contributed by atoms with Crippen LogP contribution in [0.2, 0.25) is 0 Å². The van der Waals surface area contributed by atoms with Gasteiger partial charge in [0.1, 0.15) is 79.4 Å². The van der Waals surface area contributed by atoms with Crippen molar-refractivity contribution in [1.82, 2.24) is 0 Å². The summed E-state index contributed by atoms with van der Waals surface area (Å²) in [5, 5.41) is 139. The van der Waals surface area contributed by atoms with Gasteiger partial charge in [-0.15, -0.1) is 0 Å². The first-order chi connectivity index (χ1) is 34.6. The van der Waals surface area contributed by atoms with Gasteiger partial charge >= 0.3 is 0 Å². The first kappa shape index (κ1) is 61.2. The van der Waals surface area contributed by atoms with E-state index in [2.05, 4.69) is 26.0 Å². The van der Waals surface area contributed by atoms with Gasteiger partial charge in [0.25, 0.3) is 0 Å². The number of unbranched alkanes of at least 4 members (excludes halogenated alkanes) is 8. The number of rotatable bonds is 30. The molecule has 0 spiro atoms. The second-order valence-electron chi connectivity index (χ2n) is 20.4. The lowest BCUT2D eigenvalue weighted by atomic mass is 9.68. The van der Waals surface area contributed by atoms with Crippen LogP contribution in [0, 0.1) is 11.8 Å². The van der Waals surface area contributed by atoms with Gasteiger partial charge in [-0.25, -0.2) is 0 Å². The zero-order chi connectivity index (χ0) is 52.5. The summed E-state index contributed by atoms with van der Waals surface area (Å²) in [6, 6.07) is 10.4. The van der Waals surface area contributed by atoms with E-state index in [4.69, 9.17) is 37.9 Å². The molecule has 72 heavy (non-hydrogen) atoms. The van der Waals surface area contributed by atoms with Gasteiger partial charge in [0.05, 0.1) is 51.8 Å². The van der Waals surface area contributed by atoms with E-state index in [1.807, 2.05) is 18.2 Å². The summed E-state index contributed by atoms with van der Waals surface area (Å²) in [7, 11) is 0. The van der Waals surface area contributed by atoms with Crippen molar-refractivity contribution in [2.24, 2.45) is 11.8 Å². The maximum Gasteiger partial charge on any atom is 0.187 e. The van der Waals surface area contributed by atoms with Crippen LogP contribution in [0.4, 0.5) is 0 Å². The number of aliphatic hydroxyl groups is 13. The Morgan fingerprint density at radius 3 is 1.33 bits per heavy atom. The standard InChI is InChI=1S/C51H88O21/c1-4-6-8-10-15-20-51(21-16-11-9-7-5-2,31-17-13-12-14-18-31)22-19-30(27-65-47-43(63)39(59)45(34(25-54)69-47)71-49-41(61)36(56)29(3)32(23-52)67-49)28-66-48-44(64)40(60)46(35(26-55)70-48)72-50-42(62)38(58)37(57)33(24-53)68-50/h12-14,17-18,29-30,32-50,52-64H,4-11,15-16,19-28H2,1-3H3/t29-,30?,32?,33?,34?,35?,36?,37-,38?,39?,40?,41+,42+,43+,44+,45-,46-,47-,48-,49-,50-/m0/s1. The third-order valence-corrected chi connectivity index (χ3v) is 15.2. The van der Waals surface area contributed by atoms with Gasteiger partial charge in [-0.05, 0) is 36.7 Å². The average Bonchev–Trinajstić information content (AvgIpc) is 3.39. The summed E-state index contributed by atoms with van der Waals surface area (Å²) >= 11 is 0. The summed E-state index contributed by atoms with van der Waals surface area (Å²) in [6.07, 6.45) is -15.9. The molecule has 4 aliphatic rings. The Hall–Kier alpha value is -1.62. The molecular weight excluding hydrogens is 949 g/mol. The number of benzene rings is 1. The predicted octanol–water partition coefficient (Wildman–Crippen LogP) is -0.402. The minimum atomic E-state index is -1.84. The minimum Gasteiger partial charge on any atom is -0.394 e. The zero-order valence-electron chi connectivity index (χ0n) is 42.2. The van der Waals surface area contributed by atoms with Crippen molar-refractivity contribution in [2.45, 2.75) is 233 Å². The van der Waals surface area contributed by atoms with E-state index in [1.165, 1.54) is 5.56 Å². The third-order valence-electron chi connectivity index (χ3n) is 15.2. The zero-order valence-corrected chi connectivity index (χ0v) is 42.2. The van der Waals surface area contributed by atoms with Gasteiger partial charge in [0.15, 0.2) is 25.2 Å². The van der Waals surface area contributed by atoms with Crippen molar-refractivity contribution in [3.05, 3.63) is 35.9 Å². The van der Waals surface area contributed by atoms with E-state index in [-0.39, 0.29) is 18.6 Å². The van der Waals surface area contributed by atoms with Crippen LogP contribution in [0.3, 0.4) is 0 Å². The van der Waals surface area contributed by atoms with Gasteiger partial charge in [0.2, 0.25) is 0 Å². The van der Waals surface area contributed by atoms with Gasteiger partial charge in [-0.1, -0.05) is 115 Å². The molecule has 0 aliphatic carbocycles. The van der Waals surface area contributed by atoms with Crippen LogP contribution in [0.15, 0.2) is 30.3 Å². The summed E-state index contributed by atoms with van der Waals surface area (Å²) in [4.78, 5) is 0. The van der Waals surface area contributed by atoms with Crippen molar-refractivity contribution in [2.75, 3.05) is 39.6 Å². The summed E-state index contributed by atoms with van der Waals surface area (Å²) < 4.78 is 47.2. The van der Waals surface area contributed by atoms with Crippen molar-refractivity contribution >= 4 is 0 Å². The molecule has 418 valence electrons. The fourth-order valence-electron chi connectivity index (χ4n) is 10.5. The molecule has 21 nitrogen and oxygen atoms in total. The topological polar surface area (TPSA) is 337 Å². The molecule has 4 saturated heterocycles. The first-order valence-corrected chi connectivity index (χ1v) is 26.4. The Bertz CT molecular complexity index is 1520. The van der Waals surface area contributed by atoms with E-state index < -0.39 is 155 Å². The summed E-state index contributed by atoms with van der Waals surface area (Å²) in [5.74, 6) is -1.21. The third kappa shape index (κ3) is 15.8. The van der Waals surface area contributed by atoms with Gasteiger partial charge < -0.3 is 104 Å². The molecule has 0 saturated carbocycles. The van der Waals surface area contributed by atoms with E-state index in [0.29, 0.717) is 12.8 Å². The Morgan fingerprint density at radius 2 is 0.875 bits per heavy atom. The maximum absolute atomic E-state index is 11.5.